The number of hydrogen-bond donors (Lipinski definition) is 0. The minimum absolute atomic E-state index is 1.16. The molecule has 0 aromatic carbocycles. The summed E-state index contributed by atoms with van der Waals surface area (Å²) < 4.78 is 0. The lowest BCUT2D eigenvalue weighted by Crippen LogP contribution is -1.98. The van der Waals surface area contributed by atoms with E-state index in [0.29, 0.717) is 0 Å². The second-order valence-electron chi connectivity index (χ2n) is 4.46. The number of allylic oxidation sites excluding steroid dienone is 8. The van der Waals surface area contributed by atoms with Gasteiger partial charge in [0.05, 0.1) is 0 Å². The van der Waals surface area contributed by atoms with Crippen molar-refractivity contribution in [1.82, 2.24) is 0 Å². The van der Waals surface area contributed by atoms with Gasteiger partial charge < -0.3 is 0 Å². The van der Waals surface area contributed by atoms with E-state index in [1.54, 1.807) is 11.1 Å². The maximum atomic E-state index is 2.42. The molecule has 0 heterocycles. The van der Waals surface area contributed by atoms with Crippen molar-refractivity contribution in [1.29, 1.82) is 0 Å². The van der Waals surface area contributed by atoms with Crippen LogP contribution in [0.5, 0.6) is 0 Å². The molecule has 0 nitrogen and oxygen atoms in total. The highest BCUT2D eigenvalue weighted by atomic mass is 14.2. The summed E-state index contributed by atoms with van der Waals surface area (Å²) in [5.74, 6) is 0. The molecule has 2 rings (SSSR count). The molecule has 2 aliphatic carbocycles. The zero-order valence-corrected chi connectivity index (χ0v) is 10.1. The third-order valence-corrected chi connectivity index (χ3v) is 3.49. The molecule has 0 saturated carbocycles. The van der Waals surface area contributed by atoms with Crippen molar-refractivity contribution in [2.24, 2.45) is 0 Å². The van der Waals surface area contributed by atoms with Gasteiger partial charge in [0.25, 0.3) is 0 Å². The molecule has 0 spiro atoms. The molecular formula is C15H20. The van der Waals surface area contributed by atoms with Crippen molar-refractivity contribution in [3.8, 4) is 0 Å². The average Bonchev–Trinajstić information content (AvgIpc) is 3.11. The smallest absolute Gasteiger partial charge is 0.00917 e. The van der Waals surface area contributed by atoms with Crippen LogP contribution in [0.25, 0.3) is 0 Å². The lowest BCUT2D eigenvalue weighted by Gasteiger charge is -2.17. The quantitative estimate of drug-likeness (QED) is 0.619. The molecule has 0 heteroatoms. The van der Waals surface area contributed by atoms with Crippen molar-refractivity contribution >= 4 is 0 Å². The molecule has 0 bridgehead atoms. The maximum Gasteiger partial charge on any atom is -0.00917 e. The Morgan fingerprint density at radius 1 is 1.07 bits per heavy atom. The summed E-state index contributed by atoms with van der Waals surface area (Å²) >= 11 is 0. The standard InChI is InChI=1S/C15H20/c1-4-13-7-5-6-8-15(13)12(3)11(2)14-9-10-14/h7-9H,4-6,10H2,1-3H3/b12-11+. The molecule has 2 aliphatic rings. The SMILES string of the molecule is CCC1=CCCC=C1/C(C)=C(\C)C1=CC1. The van der Waals surface area contributed by atoms with Crippen LogP contribution in [-0.2, 0) is 0 Å². The highest BCUT2D eigenvalue weighted by molar-refractivity contribution is 5.55. The van der Waals surface area contributed by atoms with E-state index in [0.717, 1.165) is 6.42 Å². The lowest BCUT2D eigenvalue weighted by atomic mass is 9.88. The van der Waals surface area contributed by atoms with E-state index >= 15 is 0 Å². The summed E-state index contributed by atoms with van der Waals surface area (Å²) in [6.07, 6.45) is 12.0. The summed E-state index contributed by atoms with van der Waals surface area (Å²) in [4.78, 5) is 0. The second-order valence-corrected chi connectivity index (χ2v) is 4.46. The van der Waals surface area contributed by atoms with Gasteiger partial charge in [0.2, 0.25) is 0 Å². The predicted molar refractivity (Wildman–Crippen MR) is 66.8 cm³/mol. The van der Waals surface area contributed by atoms with Crippen molar-refractivity contribution in [3.63, 3.8) is 0 Å². The van der Waals surface area contributed by atoms with Gasteiger partial charge in [-0.1, -0.05) is 25.2 Å². The molecule has 0 atom stereocenters. The third kappa shape index (κ3) is 2.14. The monoisotopic (exact) mass is 200 g/mol. The van der Waals surface area contributed by atoms with Gasteiger partial charge >= 0.3 is 0 Å². The first-order valence-electron chi connectivity index (χ1n) is 6.00. The topological polar surface area (TPSA) is 0 Å². The molecule has 80 valence electrons. The van der Waals surface area contributed by atoms with Gasteiger partial charge in [-0.2, -0.15) is 0 Å². The first-order valence-corrected chi connectivity index (χ1v) is 6.00. The first-order chi connectivity index (χ1) is 7.24. The number of hydrogen-bond acceptors (Lipinski definition) is 0. The number of rotatable bonds is 3. The third-order valence-electron chi connectivity index (χ3n) is 3.49. The Hall–Kier alpha value is -1.04. The van der Waals surface area contributed by atoms with Crippen LogP contribution in [0.1, 0.15) is 46.5 Å². The summed E-state index contributed by atoms with van der Waals surface area (Å²) in [5.41, 5.74) is 7.59. The van der Waals surface area contributed by atoms with Crippen LogP contribution in [0.15, 0.2) is 46.1 Å². The molecule has 0 amide bonds. The van der Waals surface area contributed by atoms with E-state index in [2.05, 4.69) is 39.0 Å². The average molecular weight is 200 g/mol. The Morgan fingerprint density at radius 2 is 1.73 bits per heavy atom. The van der Waals surface area contributed by atoms with Gasteiger partial charge in [-0.15, -0.1) is 0 Å². The second kappa shape index (κ2) is 4.22. The molecule has 0 unspecified atom stereocenters. The van der Waals surface area contributed by atoms with Crippen molar-refractivity contribution in [2.45, 2.75) is 46.5 Å². The Bertz CT molecular complexity index is 386. The van der Waals surface area contributed by atoms with E-state index in [4.69, 9.17) is 0 Å². The fourth-order valence-electron chi connectivity index (χ4n) is 2.26. The van der Waals surface area contributed by atoms with Crippen LogP contribution in [0.2, 0.25) is 0 Å². The summed E-state index contributed by atoms with van der Waals surface area (Å²) in [6.45, 7) is 6.79. The van der Waals surface area contributed by atoms with Crippen molar-refractivity contribution in [2.75, 3.05) is 0 Å². The molecule has 0 fully saturated rings. The predicted octanol–water partition coefficient (Wildman–Crippen LogP) is 4.71. The van der Waals surface area contributed by atoms with Crippen molar-refractivity contribution < 1.29 is 0 Å². The molecular weight excluding hydrogens is 180 g/mol. The van der Waals surface area contributed by atoms with Gasteiger partial charge in [-0.05, 0) is 67.4 Å². The molecule has 0 saturated heterocycles. The zero-order chi connectivity index (χ0) is 10.8. The van der Waals surface area contributed by atoms with Gasteiger partial charge in [0, 0.05) is 0 Å². The van der Waals surface area contributed by atoms with Crippen LogP contribution in [0, 0.1) is 0 Å². The minimum atomic E-state index is 1.16. The van der Waals surface area contributed by atoms with Gasteiger partial charge in [0.15, 0.2) is 0 Å². The van der Waals surface area contributed by atoms with Gasteiger partial charge in [-0.3, -0.25) is 0 Å². The fraction of sp³-hybridized carbons (Fsp3) is 0.467. The van der Waals surface area contributed by atoms with Crippen LogP contribution < -0.4 is 0 Å². The fourth-order valence-corrected chi connectivity index (χ4v) is 2.26. The van der Waals surface area contributed by atoms with E-state index in [-0.39, 0.29) is 0 Å². The van der Waals surface area contributed by atoms with Gasteiger partial charge in [0.1, 0.15) is 0 Å². The molecule has 0 N–H and O–H groups in total. The van der Waals surface area contributed by atoms with Crippen LogP contribution in [-0.4, -0.2) is 0 Å². The highest BCUT2D eigenvalue weighted by Crippen LogP contribution is 2.35. The summed E-state index contributed by atoms with van der Waals surface area (Å²) in [5, 5.41) is 0. The normalized spacial score (nSPS) is 21.4. The van der Waals surface area contributed by atoms with E-state index < -0.39 is 0 Å². The van der Waals surface area contributed by atoms with E-state index in [1.807, 2.05) is 0 Å². The van der Waals surface area contributed by atoms with E-state index in [9.17, 15) is 0 Å². The van der Waals surface area contributed by atoms with Crippen LogP contribution in [0.4, 0.5) is 0 Å². The first kappa shape index (κ1) is 10.5. The highest BCUT2D eigenvalue weighted by Gasteiger charge is 2.16. The molecule has 0 aromatic rings. The van der Waals surface area contributed by atoms with Crippen molar-refractivity contribution in [3.05, 3.63) is 46.1 Å². The Balaban J connectivity index is 2.29. The molecule has 0 aliphatic heterocycles. The largest absolute Gasteiger partial charge is 0.0804 e. The Labute approximate surface area is 93.1 Å². The van der Waals surface area contributed by atoms with Gasteiger partial charge in [-0.25, -0.2) is 0 Å². The van der Waals surface area contributed by atoms with Crippen LogP contribution >= 0.6 is 0 Å². The summed E-state index contributed by atoms with van der Waals surface area (Å²) in [6, 6.07) is 0. The molecule has 0 aromatic heterocycles. The Morgan fingerprint density at radius 3 is 2.33 bits per heavy atom. The lowest BCUT2D eigenvalue weighted by molar-refractivity contribution is 0.952. The minimum Gasteiger partial charge on any atom is -0.0804 e. The molecule has 15 heavy (non-hydrogen) atoms. The Kier molecular flexibility index (Phi) is 2.95. The zero-order valence-electron chi connectivity index (χ0n) is 10.1. The van der Waals surface area contributed by atoms with E-state index in [1.165, 1.54) is 36.0 Å². The van der Waals surface area contributed by atoms with Crippen LogP contribution in [0.3, 0.4) is 0 Å². The maximum absolute atomic E-state index is 2.42. The summed E-state index contributed by atoms with van der Waals surface area (Å²) in [7, 11) is 0. The molecule has 0 radical (unpaired) electrons.